The molecule has 1 aromatic carbocycles. The fourth-order valence-electron chi connectivity index (χ4n) is 1.83. The van der Waals surface area contributed by atoms with E-state index in [4.69, 9.17) is 10.7 Å². The summed E-state index contributed by atoms with van der Waals surface area (Å²) >= 11 is 0. The molecule has 0 atom stereocenters. The fraction of sp³-hybridized carbons (Fsp3) is 0.455. The predicted octanol–water partition coefficient (Wildman–Crippen LogP) is 3.16. The monoisotopic (exact) mass is 246 g/mol. The first-order valence-corrected chi connectivity index (χ1v) is 7.00. The van der Waals surface area contributed by atoms with Crippen molar-refractivity contribution in [2.75, 3.05) is 0 Å². The molecule has 0 radical (unpaired) electrons. The Bertz CT molecular complexity index is 487. The quantitative estimate of drug-likeness (QED) is 0.714. The lowest BCUT2D eigenvalue weighted by Crippen LogP contribution is -2.05. The second-order valence-electron chi connectivity index (χ2n) is 3.89. The van der Waals surface area contributed by atoms with Crippen LogP contribution >= 0.6 is 10.7 Å². The van der Waals surface area contributed by atoms with Crippen molar-refractivity contribution in [3.8, 4) is 0 Å². The van der Waals surface area contributed by atoms with Crippen molar-refractivity contribution in [1.29, 1.82) is 0 Å². The summed E-state index contributed by atoms with van der Waals surface area (Å²) in [5.41, 5.74) is 4.64. The molecule has 1 aromatic rings. The third-order valence-electron chi connectivity index (χ3n) is 3.18. The first-order chi connectivity index (χ1) is 6.68. The highest BCUT2D eigenvalue weighted by Gasteiger charge is 2.21. The third-order valence-corrected chi connectivity index (χ3v) is 4.74. The van der Waals surface area contributed by atoms with Crippen LogP contribution in [0.3, 0.4) is 0 Å². The Morgan fingerprint density at radius 2 is 1.00 bits per heavy atom. The van der Waals surface area contributed by atoms with Crippen molar-refractivity contribution in [3.63, 3.8) is 0 Å². The highest BCUT2D eigenvalue weighted by Crippen LogP contribution is 2.31. The van der Waals surface area contributed by atoms with Crippen molar-refractivity contribution in [1.82, 2.24) is 0 Å². The number of rotatable bonds is 1. The lowest BCUT2D eigenvalue weighted by Gasteiger charge is -2.16. The van der Waals surface area contributed by atoms with Gasteiger partial charge >= 0.3 is 0 Å². The Balaban J connectivity index is 3.84. The number of hydrogen-bond acceptors (Lipinski definition) is 2. The molecular formula is C11H15ClO2S. The lowest BCUT2D eigenvalue weighted by atomic mass is 9.95. The summed E-state index contributed by atoms with van der Waals surface area (Å²) in [6.45, 7) is 9.43. The van der Waals surface area contributed by atoms with Crippen molar-refractivity contribution >= 4 is 19.7 Å². The molecule has 0 spiro atoms. The van der Waals surface area contributed by atoms with Gasteiger partial charge in [-0.2, -0.15) is 0 Å². The minimum Gasteiger partial charge on any atom is -0.207 e. The van der Waals surface area contributed by atoms with Crippen LogP contribution in [0, 0.1) is 34.6 Å². The van der Waals surface area contributed by atoms with Gasteiger partial charge in [-0.3, -0.25) is 0 Å². The van der Waals surface area contributed by atoms with Crippen LogP contribution in [0.4, 0.5) is 0 Å². The number of benzene rings is 1. The van der Waals surface area contributed by atoms with E-state index in [1.807, 2.05) is 20.8 Å². The van der Waals surface area contributed by atoms with Crippen molar-refractivity contribution in [2.24, 2.45) is 0 Å². The standard InChI is InChI=1S/C11H15ClO2S/c1-6-7(2)9(4)11(15(12,13)14)10(5)8(6)3/h1-5H3. The van der Waals surface area contributed by atoms with Gasteiger partial charge in [-0.25, -0.2) is 8.42 Å². The fourth-order valence-corrected chi connectivity index (χ4v) is 3.56. The molecule has 0 aliphatic heterocycles. The van der Waals surface area contributed by atoms with Gasteiger partial charge in [0.25, 0.3) is 9.05 Å². The van der Waals surface area contributed by atoms with Crippen LogP contribution in [0.5, 0.6) is 0 Å². The molecule has 0 amide bonds. The Hall–Kier alpha value is -0.540. The Kier molecular flexibility index (Phi) is 3.17. The van der Waals surface area contributed by atoms with E-state index in [9.17, 15) is 8.42 Å². The molecule has 0 aromatic heterocycles. The number of hydrogen-bond donors (Lipinski definition) is 0. The molecule has 0 saturated carbocycles. The van der Waals surface area contributed by atoms with Gasteiger partial charge in [-0.1, -0.05) is 0 Å². The summed E-state index contributed by atoms with van der Waals surface area (Å²) in [6, 6.07) is 0. The predicted molar refractivity (Wildman–Crippen MR) is 63.2 cm³/mol. The molecule has 15 heavy (non-hydrogen) atoms. The minimum absolute atomic E-state index is 0.268. The minimum atomic E-state index is -3.65. The van der Waals surface area contributed by atoms with Gasteiger partial charge in [0.1, 0.15) is 0 Å². The van der Waals surface area contributed by atoms with E-state index in [0.717, 1.165) is 27.8 Å². The third kappa shape index (κ3) is 2.04. The van der Waals surface area contributed by atoms with Crippen molar-refractivity contribution in [2.45, 2.75) is 39.5 Å². The van der Waals surface area contributed by atoms with Gasteiger partial charge in [0.15, 0.2) is 0 Å². The molecule has 0 saturated heterocycles. The molecule has 1 rings (SSSR count). The van der Waals surface area contributed by atoms with Gasteiger partial charge in [-0.05, 0) is 62.4 Å². The second kappa shape index (κ2) is 3.80. The van der Waals surface area contributed by atoms with Crippen LogP contribution in [0.25, 0.3) is 0 Å². The lowest BCUT2D eigenvalue weighted by molar-refractivity contribution is 0.608. The summed E-state index contributed by atoms with van der Waals surface area (Å²) in [7, 11) is 1.78. The Morgan fingerprint density at radius 3 is 1.27 bits per heavy atom. The van der Waals surface area contributed by atoms with Crippen molar-refractivity contribution < 1.29 is 8.42 Å². The molecule has 0 fully saturated rings. The summed E-state index contributed by atoms with van der Waals surface area (Å²) in [4.78, 5) is 0.268. The van der Waals surface area contributed by atoms with Gasteiger partial charge in [-0.15, -0.1) is 0 Å². The molecule has 0 heterocycles. The van der Waals surface area contributed by atoms with Crippen LogP contribution in [0.1, 0.15) is 27.8 Å². The highest BCUT2D eigenvalue weighted by atomic mass is 35.7. The zero-order chi connectivity index (χ0) is 12.0. The summed E-state index contributed by atoms with van der Waals surface area (Å²) < 4.78 is 22.9. The van der Waals surface area contributed by atoms with E-state index >= 15 is 0 Å². The smallest absolute Gasteiger partial charge is 0.207 e. The molecule has 0 aliphatic carbocycles. The molecular weight excluding hydrogens is 232 g/mol. The zero-order valence-electron chi connectivity index (χ0n) is 9.60. The molecule has 84 valence electrons. The Morgan fingerprint density at radius 1 is 0.733 bits per heavy atom. The van der Waals surface area contributed by atoms with E-state index in [1.165, 1.54) is 0 Å². The van der Waals surface area contributed by atoms with Gasteiger partial charge < -0.3 is 0 Å². The highest BCUT2D eigenvalue weighted by molar-refractivity contribution is 8.13. The second-order valence-corrected chi connectivity index (χ2v) is 6.39. The molecule has 2 nitrogen and oxygen atoms in total. The van der Waals surface area contributed by atoms with Crippen LogP contribution in [-0.4, -0.2) is 8.42 Å². The van der Waals surface area contributed by atoms with Crippen molar-refractivity contribution in [3.05, 3.63) is 27.8 Å². The average molecular weight is 247 g/mol. The summed E-state index contributed by atoms with van der Waals surface area (Å²) in [5.74, 6) is 0. The van der Waals surface area contributed by atoms with Crippen LogP contribution in [0.15, 0.2) is 4.90 Å². The SMILES string of the molecule is Cc1c(C)c(C)c(S(=O)(=O)Cl)c(C)c1C. The maximum atomic E-state index is 11.5. The van der Waals surface area contributed by atoms with E-state index < -0.39 is 9.05 Å². The summed E-state index contributed by atoms with van der Waals surface area (Å²) in [5, 5.41) is 0. The summed E-state index contributed by atoms with van der Waals surface area (Å²) in [6.07, 6.45) is 0. The normalized spacial score (nSPS) is 11.9. The maximum Gasteiger partial charge on any atom is 0.261 e. The first kappa shape index (κ1) is 12.5. The zero-order valence-corrected chi connectivity index (χ0v) is 11.2. The van der Waals surface area contributed by atoms with Gasteiger partial charge in [0.05, 0.1) is 4.90 Å². The maximum absolute atomic E-state index is 11.5. The molecule has 4 heteroatoms. The topological polar surface area (TPSA) is 34.1 Å². The molecule has 0 N–H and O–H groups in total. The largest absolute Gasteiger partial charge is 0.261 e. The van der Waals surface area contributed by atoms with Crippen LogP contribution < -0.4 is 0 Å². The molecule has 0 bridgehead atoms. The molecule has 0 unspecified atom stereocenters. The van der Waals surface area contributed by atoms with Gasteiger partial charge in [0.2, 0.25) is 0 Å². The van der Waals surface area contributed by atoms with E-state index in [1.54, 1.807) is 13.8 Å². The number of halogens is 1. The van der Waals surface area contributed by atoms with Gasteiger partial charge in [0, 0.05) is 10.7 Å². The van der Waals surface area contributed by atoms with Crippen LogP contribution in [0.2, 0.25) is 0 Å². The average Bonchev–Trinajstić information content (AvgIpc) is 2.09. The first-order valence-electron chi connectivity index (χ1n) is 4.69. The molecule has 0 aliphatic rings. The van der Waals surface area contributed by atoms with Crippen LogP contribution in [-0.2, 0) is 9.05 Å². The van der Waals surface area contributed by atoms with E-state index in [0.29, 0.717) is 0 Å². The van der Waals surface area contributed by atoms with E-state index in [2.05, 4.69) is 0 Å². The van der Waals surface area contributed by atoms with E-state index in [-0.39, 0.29) is 4.90 Å². The Labute approximate surface area is 95.7 Å².